The van der Waals surface area contributed by atoms with Gasteiger partial charge in [0, 0.05) is 41.6 Å². The summed E-state index contributed by atoms with van der Waals surface area (Å²) in [6, 6.07) is 10.1. The molecule has 0 unspecified atom stereocenters. The molecule has 8 heteroatoms. The number of hydrogen-bond donors (Lipinski definition) is 1. The van der Waals surface area contributed by atoms with E-state index in [1.165, 1.54) is 0 Å². The van der Waals surface area contributed by atoms with E-state index >= 15 is 0 Å². The molecule has 5 heterocycles. The van der Waals surface area contributed by atoms with Gasteiger partial charge < -0.3 is 14.4 Å². The Morgan fingerprint density at radius 2 is 2.07 bits per heavy atom. The number of ether oxygens (including phenoxy) is 2. The molecule has 0 bridgehead atoms. The lowest BCUT2D eigenvalue weighted by molar-refractivity contribution is 0.0986. The number of aromatic nitrogens is 5. The van der Waals surface area contributed by atoms with Crippen molar-refractivity contribution in [3.05, 3.63) is 48.9 Å². The maximum absolute atomic E-state index is 5.66. The third-order valence-corrected chi connectivity index (χ3v) is 5.36. The van der Waals surface area contributed by atoms with Crippen molar-refractivity contribution in [1.82, 2.24) is 25.1 Å². The van der Waals surface area contributed by atoms with Crippen molar-refractivity contribution in [2.75, 3.05) is 31.8 Å². The Kier molecular flexibility index (Phi) is 4.76. The van der Waals surface area contributed by atoms with Crippen LogP contribution in [0.25, 0.3) is 33.4 Å². The van der Waals surface area contributed by atoms with Crippen LogP contribution in [0.4, 0.5) is 5.82 Å². The molecule has 0 amide bonds. The number of methoxy groups -OCH3 is 1. The molecular weight excluding hydrogens is 380 g/mol. The first kappa shape index (κ1) is 18.5. The second-order valence-electron chi connectivity index (χ2n) is 7.24. The highest BCUT2D eigenvalue weighted by Gasteiger charge is 2.26. The smallest absolute Gasteiger partial charge is 0.221 e. The molecule has 1 fully saturated rings. The van der Waals surface area contributed by atoms with Crippen LogP contribution in [-0.2, 0) is 4.74 Å². The van der Waals surface area contributed by atoms with E-state index in [0.717, 1.165) is 45.8 Å². The summed E-state index contributed by atoms with van der Waals surface area (Å²) in [5, 5.41) is 8.06. The minimum atomic E-state index is 0.192. The van der Waals surface area contributed by atoms with Crippen LogP contribution in [-0.4, -0.2) is 58.1 Å². The van der Waals surface area contributed by atoms with Crippen LogP contribution in [0.3, 0.4) is 0 Å². The van der Waals surface area contributed by atoms with E-state index in [4.69, 9.17) is 14.5 Å². The predicted molar refractivity (Wildman–Crippen MR) is 115 cm³/mol. The van der Waals surface area contributed by atoms with Crippen molar-refractivity contribution in [3.8, 4) is 28.4 Å². The monoisotopic (exact) mass is 402 g/mol. The van der Waals surface area contributed by atoms with Crippen molar-refractivity contribution in [3.63, 3.8) is 0 Å². The molecule has 1 aliphatic rings. The number of H-pyrrole nitrogens is 1. The summed E-state index contributed by atoms with van der Waals surface area (Å²) in [6.45, 7) is 4.22. The van der Waals surface area contributed by atoms with Crippen LogP contribution in [0.15, 0.2) is 48.9 Å². The molecule has 8 nitrogen and oxygen atoms in total. The highest BCUT2D eigenvalue weighted by molar-refractivity contribution is 5.96. The number of rotatable bonds is 4. The van der Waals surface area contributed by atoms with E-state index in [-0.39, 0.29) is 6.04 Å². The standard InChI is InChI=1S/C22H22N6O2/c1-14-13-30-11-10-28(14)21-17(16-4-3-7-24-22(16)29-2)12-15-5-8-23-20(19(15)26-21)18-6-9-25-27-18/h3-9,12,14H,10-11,13H2,1-2H3,(H,25,27)/t14-/m1/s1. The van der Waals surface area contributed by atoms with Gasteiger partial charge in [0.25, 0.3) is 0 Å². The van der Waals surface area contributed by atoms with Gasteiger partial charge in [-0.1, -0.05) is 0 Å². The van der Waals surface area contributed by atoms with Crippen molar-refractivity contribution in [2.45, 2.75) is 13.0 Å². The lowest BCUT2D eigenvalue weighted by atomic mass is 10.0. The molecule has 5 rings (SSSR count). The van der Waals surface area contributed by atoms with Gasteiger partial charge in [-0.15, -0.1) is 0 Å². The first-order chi connectivity index (χ1) is 14.8. The van der Waals surface area contributed by atoms with Crippen molar-refractivity contribution < 1.29 is 9.47 Å². The van der Waals surface area contributed by atoms with Crippen molar-refractivity contribution in [1.29, 1.82) is 0 Å². The van der Waals surface area contributed by atoms with Gasteiger partial charge in [-0.05, 0) is 37.3 Å². The molecule has 4 aromatic rings. The Labute approximate surface area is 173 Å². The summed E-state index contributed by atoms with van der Waals surface area (Å²) in [5.41, 5.74) is 4.31. The second kappa shape index (κ2) is 7.72. The molecule has 1 atom stereocenters. The minimum Gasteiger partial charge on any atom is -0.481 e. The van der Waals surface area contributed by atoms with Crippen LogP contribution in [0.2, 0.25) is 0 Å². The third-order valence-electron chi connectivity index (χ3n) is 5.36. The summed E-state index contributed by atoms with van der Waals surface area (Å²) < 4.78 is 11.2. The van der Waals surface area contributed by atoms with Gasteiger partial charge >= 0.3 is 0 Å². The Morgan fingerprint density at radius 3 is 2.87 bits per heavy atom. The fraction of sp³-hybridized carbons (Fsp3) is 0.273. The van der Waals surface area contributed by atoms with E-state index in [1.807, 2.05) is 24.3 Å². The largest absolute Gasteiger partial charge is 0.481 e. The Balaban J connectivity index is 1.79. The average Bonchev–Trinajstić information content (AvgIpc) is 3.33. The van der Waals surface area contributed by atoms with E-state index in [0.29, 0.717) is 19.1 Å². The van der Waals surface area contributed by atoms with Gasteiger partial charge in [0.2, 0.25) is 5.88 Å². The fourth-order valence-electron chi connectivity index (χ4n) is 3.89. The SMILES string of the molecule is COc1ncccc1-c1cc2ccnc(-c3ccn[nH]3)c2nc1N1CCOC[C@H]1C. The molecule has 0 radical (unpaired) electrons. The minimum absolute atomic E-state index is 0.192. The molecule has 0 spiro atoms. The molecule has 0 aromatic carbocycles. The zero-order valence-electron chi connectivity index (χ0n) is 16.9. The Hall–Kier alpha value is -3.52. The molecule has 1 N–H and O–H groups in total. The number of anilines is 1. The van der Waals surface area contributed by atoms with Crippen LogP contribution in [0, 0.1) is 0 Å². The number of hydrogen-bond acceptors (Lipinski definition) is 7. The molecule has 30 heavy (non-hydrogen) atoms. The maximum Gasteiger partial charge on any atom is 0.221 e. The number of nitrogens with one attached hydrogen (secondary N) is 1. The number of aromatic amines is 1. The van der Waals surface area contributed by atoms with Crippen molar-refractivity contribution in [2.24, 2.45) is 0 Å². The fourth-order valence-corrected chi connectivity index (χ4v) is 3.89. The van der Waals surface area contributed by atoms with Crippen LogP contribution in [0.5, 0.6) is 5.88 Å². The normalized spacial score (nSPS) is 16.7. The second-order valence-corrected chi connectivity index (χ2v) is 7.24. The zero-order chi connectivity index (χ0) is 20.5. The van der Waals surface area contributed by atoms with Gasteiger partial charge in [0.05, 0.1) is 32.1 Å². The number of fused-ring (bicyclic) bond motifs is 1. The zero-order valence-corrected chi connectivity index (χ0v) is 16.9. The molecule has 152 valence electrons. The van der Waals surface area contributed by atoms with Gasteiger partial charge in [-0.2, -0.15) is 5.10 Å². The Bertz CT molecular complexity index is 1180. The summed E-state index contributed by atoms with van der Waals surface area (Å²) >= 11 is 0. The summed E-state index contributed by atoms with van der Waals surface area (Å²) in [5.74, 6) is 1.45. The van der Waals surface area contributed by atoms with Gasteiger partial charge in [-0.25, -0.2) is 9.97 Å². The maximum atomic E-state index is 5.66. The predicted octanol–water partition coefficient (Wildman–Crippen LogP) is 3.32. The summed E-state index contributed by atoms with van der Waals surface area (Å²) in [7, 11) is 1.64. The van der Waals surface area contributed by atoms with E-state index < -0.39 is 0 Å². The summed E-state index contributed by atoms with van der Waals surface area (Å²) in [6.07, 6.45) is 5.24. The average molecular weight is 402 g/mol. The van der Waals surface area contributed by atoms with Gasteiger partial charge in [0.1, 0.15) is 17.0 Å². The van der Waals surface area contributed by atoms with Gasteiger partial charge in [0.15, 0.2) is 0 Å². The molecule has 0 saturated carbocycles. The van der Waals surface area contributed by atoms with Gasteiger partial charge in [-0.3, -0.25) is 10.1 Å². The van der Waals surface area contributed by atoms with E-state index in [2.05, 4.69) is 38.1 Å². The molecule has 1 saturated heterocycles. The van der Waals surface area contributed by atoms with Crippen LogP contribution >= 0.6 is 0 Å². The number of morpholine rings is 1. The number of pyridine rings is 3. The van der Waals surface area contributed by atoms with Crippen LogP contribution in [0.1, 0.15) is 6.92 Å². The topological polar surface area (TPSA) is 89.1 Å². The van der Waals surface area contributed by atoms with E-state index in [1.54, 1.807) is 25.7 Å². The summed E-state index contributed by atoms with van der Waals surface area (Å²) in [4.78, 5) is 16.4. The highest BCUT2D eigenvalue weighted by Crippen LogP contribution is 2.39. The third kappa shape index (κ3) is 3.15. The highest BCUT2D eigenvalue weighted by atomic mass is 16.5. The first-order valence-corrected chi connectivity index (χ1v) is 9.89. The quantitative estimate of drug-likeness (QED) is 0.560. The molecule has 1 aliphatic heterocycles. The lowest BCUT2D eigenvalue weighted by Crippen LogP contribution is -2.44. The molecule has 0 aliphatic carbocycles. The molecular formula is C22H22N6O2. The first-order valence-electron chi connectivity index (χ1n) is 9.89. The van der Waals surface area contributed by atoms with Crippen LogP contribution < -0.4 is 9.64 Å². The number of nitrogens with zero attached hydrogens (tertiary/aromatic N) is 5. The lowest BCUT2D eigenvalue weighted by Gasteiger charge is -2.35. The van der Waals surface area contributed by atoms with E-state index in [9.17, 15) is 0 Å². The molecule has 4 aromatic heterocycles. The Morgan fingerprint density at radius 1 is 1.13 bits per heavy atom. The van der Waals surface area contributed by atoms with Crippen molar-refractivity contribution >= 4 is 16.7 Å².